The highest BCUT2D eigenvalue weighted by molar-refractivity contribution is 5.95. The van der Waals surface area contributed by atoms with E-state index < -0.39 is 12.1 Å². The number of benzene rings is 3. The zero-order chi connectivity index (χ0) is 23.3. The van der Waals surface area contributed by atoms with Gasteiger partial charge in [-0.2, -0.15) is 0 Å². The summed E-state index contributed by atoms with van der Waals surface area (Å²) >= 11 is 0. The van der Waals surface area contributed by atoms with Crippen LogP contribution in [-0.4, -0.2) is 54.8 Å². The first-order valence-electron chi connectivity index (χ1n) is 11.9. The van der Waals surface area contributed by atoms with Crippen LogP contribution >= 0.6 is 0 Å². The van der Waals surface area contributed by atoms with E-state index in [0.717, 1.165) is 37.1 Å². The number of carbonyl (C=O) groups excluding carboxylic acids is 1. The molecule has 1 saturated heterocycles. The molecule has 6 nitrogen and oxygen atoms in total. The van der Waals surface area contributed by atoms with E-state index in [1.54, 1.807) is 0 Å². The minimum Gasteiger partial charge on any atom is -0.486 e. The van der Waals surface area contributed by atoms with Crippen LogP contribution in [0.4, 0.5) is 0 Å². The summed E-state index contributed by atoms with van der Waals surface area (Å²) in [5.41, 5.74) is 3.44. The smallest absolute Gasteiger partial charge is 0.251 e. The first-order valence-corrected chi connectivity index (χ1v) is 11.9. The first-order chi connectivity index (χ1) is 16.7. The summed E-state index contributed by atoms with van der Waals surface area (Å²) in [5.74, 6) is 1.12. The Labute approximate surface area is 200 Å². The fraction of sp³-hybridized carbons (Fsp3) is 0.321. The molecule has 6 heteroatoms. The van der Waals surface area contributed by atoms with Gasteiger partial charge in [0.05, 0.1) is 6.04 Å². The molecule has 34 heavy (non-hydrogen) atoms. The number of hydrogen-bond donors (Lipinski definition) is 2. The Morgan fingerprint density at radius 2 is 1.56 bits per heavy atom. The van der Waals surface area contributed by atoms with Crippen LogP contribution in [0, 0.1) is 0 Å². The molecule has 2 N–H and O–H groups in total. The Kier molecular flexibility index (Phi) is 6.79. The molecule has 0 radical (unpaired) electrons. The number of aliphatic hydroxyl groups excluding tert-OH is 1. The monoisotopic (exact) mass is 458 g/mol. The van der Waals surface area contributed by atoms with Crippen LogP contribution in [0.5, 0.6) is 11.5 Å². The van der Waals surface area contributed by atoms with Crippen LogP contribution in [0.3, 0.4) is 0 Å². The topological polar surface area (TPSA) is 71.0 Å². The minimum atomic E-state index is -0.871. The molecule has 0 saturated carbocycles. The number of ether oxygens (including phenoxy) is 2. The molecule has 5 rings (SSSR count). The van der Waals surface area contributed by atoms with Crippen molar-refractivity contribution in [3.8, 4) is 22.6 Å². The Hall–Kier alpha value is -3.35. The van der Waals surface area contributed by atoms with E-state index in [1.165, 1.54) is 0 Å². The van der Waals surface area contributed by atoms with Crippen molar-refractivity contribution in [1.82, 2.24) is 10.2 Å². The first kappa shape index (κ1) is 22.4. The fourth-order valence-corrected chi connectivity index (χ4v) is 4.64. The van der Waals surface area contributed by atoms with E-state index >= 15 is 0 Å². The molecule has 3 aromatic rings. The van der Waals surface area contributed by atoms with Crippen LogP contribution < -0.4 is 14.8 Å². The van der Waals surface area contributed by atoms with Crippen molar-refractivity contribution >= 4 is 5.91 Å². The summed E-state index contributed by atoms with van der Waals surface area (Å²) in [6, 6.07) is 22.7. The van der Waals surface area contributed by atoms with Gasteiger partial charge >= 0.3 is 0 Å². The van der Waals surface area contributed by atoms with Crippen LogP contribution in [0.1, 0.15) is 34.9 Å². The van der Waals surface area contributed by atoms with Gasteiger partial charge in [-0.1, -0.05) is 48.5 Å². The molecule has 2 atom stereocenters. The van der Waals surface area contributed by atoms with Crippen LogP contribution in [0.15, 0.2) is 72.8 Å². The molecule has 2 aliphatic heterocycles. The minimum absolute atomic E-state index is 0.194. The van der Waals surface area contributed by atoms with Gasteiger partial charge in [0, 0.05) is 12.1 Å². The molecule has 2 heterocycles. The highest BCUT2D eigenvalue weighted by Gasteiger charge is 2.28. The number of carbonyl (C=O) groups is 1. The molecule has 0 aliphatic carbocycles. The lowest BCUT2D eigenvalue weighted by Gasteiger charge is -2.29. The Balaban J connectivity index is 1.33. The highest BCUT2D eigenvalue weighted by Crippen LogP contribution is 2.33. The molecule has 1 amide bonds. The van der Waals surface area contributed by atoms with Gasteiger partial charge in [-0.25, -0.2) is 0 Å². The van der Waals surface area contributed by atoms with Crippen molar-refractivity contribution in [2.75, 3.05) is 32.8 Å². The van der Waals surface area contributed by atoms with Crippen LogP contribution in [-0.2, 0) is 0 Å². The number of fused-ring (bicyclic) bond motifs is 1. The van der Waals surface area contributed by atoms with E-state index in [4.69, 9.17) is 9.47 Å². The molecular formula is C28H30N2O4. The van der Waals surface area contributed by atoms with E-state index in [0.29, 0.717) is 42.4 Å². The van der Waals surface area contributed by atoms with Gasteiger partial charge in [0.1, 0.15) is 19.3 Å². The lowest BCUT2D eigenvalue weighted by molar-refractivity contribution is 0.0771. The van der Waals surface area contributed by atoms with Crippen molar-refractivity contribution < 1.29 is 19.4 Å². The van der Waals surface area contributed by atoms with Gasteiger partial charge in [-0.3, -0.25) is 4.79 Å². The zero-order valence-corrected chi connectivity index (χ0v) is 19.2. The Morgan fingerprint density at radius 3 is 2.29 bits per heavy atom. The van der Waals surface area contributed by atoms with Crippen molar-refractivity contribution in [2.24, 2.45) is 0 Å². The Bertz CT molecular complexity index is 1110. The van der Waals surface area contributed by atoms with Crippen molar-refractivity contribution in [2.45, 2.75) is 25.0 Å². The number of amides is 1. The maximum absolute atomic E-state index is 13.2. The molecular weight excluding hydrogens is 428 g/mol. The lowest BCUT2D eigenvalue weighted by Crippen LogP contribution is -2.46. The predicted molar refractivity (Wildman–Crippen MR) is 131 cm³/mol. The number of nitrogens with zero attached hydrogens (tertiary/aromatic N) is 1. The van der Waals surface area contributed by atoms with E-state index in [2.05, 4.69) is 10.2 Å². The fourth-order valence-electron chi connectivity index (χ4n) is 4.64. The summed E-state index contributed by atoms with van der Waals surface area (Å²) in [7, 11) is 0. The van der Waals surface area contributed by atoms with Gasteiger partial charge in [0.2, 0.25) is 0 Å². The standard InChI is InChI=1S/C28H30N2O4/c31-27(23-12-13-25-26(18-23)34-17-16-33-25)24(19-30-14-4-5-15-30)29-28(32)22-10-8-21(9-11-22)20-6-2-1-3-7-20/h1-3,6-13,18,24,27,31H,4-5,14-17,19H2,(H,29,32). The maximum Gasteiger partial charge on any atom is 0.251 e. The third-order valence-electron chi connectivity index (χ3n) is 6.51. The largest absolute Gasteiger partial charge is 0.486 e. The SMILES string of the molecule is O=C(NC(CN1CCCC1)C(O)c1ccc2c(c1)OCCO2)c1ccc(-c2ccccc2)cc1. The number of likely N-dealkylation sites (tertiary alicyclic amines) is 1. The van der Waals surface area contributed by atoms with Crippen molar-refractivity contribution in [3.05, 3.63) is 83.9 Å². The molecule has 0 aromatic heterocycles. The van der Waals surface area contributed by atoms with Gasteiger partial charge in [0.15, 0.2) is 11.5 Å². The molecule has 176 valence electrons. The van der Waals surface area contributed by atoms with Crippen LogP contribution in [0.25, 0.3) is 11.1 Å². The van der Waals surface area contributed by atoms with Crippen molar-refractivity contribution in [3.63, 3.8) is 0 Å². The summed E-state index contributed by atoms with van der Waals surface area (Å²) in [5, 5.41) is 14.4. The van der Waals surface area contributed by atoms with Crippen molar-refractivity contribution in [1.29, 1.82) is 0 Å². The number of aliphatic hydroxyl groups is 1. The highest BCUT2D eigenvalue weighted by atomic mass is 16.6. The molecule has 2 aliphatic rings. The molecule has 3 aromatic carbocycles. The molecule has 2 unspecified atom stereocenters. The van der Waals surface area contributed by atoms with E-state index in [9.17, 15) is 9.90 Å². The van der Waals surface area contributed by atoms with E-state index in [1.807, 2.05) is 72.8 Å². The average Bonchev–Trinajstić information content (AvgIpc) is 3.41. The number of hydrogen-bond acceptors (Lipinski definition) is 5. The predicted octanol–water partition coefficient (Wildman–Crippen LogP) is 4.05. The zero-order valence-electron chi connectivity index (χ0n) is 19.2. The number of nitrogens with one attached hydrogen (secondary N) is 1. The summed E-state index contributed by atoms with van der Waals surface area (Å²) in [6.45, 7) is 3.55. The molecule has 0 bridgehead atoms. The summed E-state index contributed by atoms with van der Waals surface area (Å²) in [4.78, 5) is 15.5. The van der Waals surface area contributed by atoms with Gasteiger partial charge < -0.3 is 24.8 Å². The van der Waals surface area contributed by atoms with Gasteiger partial charge in [0.25, 0.3) is 5.91 Å². The molecule has 1 fully saturated rings. The summed E-state index contributed by atoms with van der Waals surface area (Å²) in [6.07, 6.45) is 1.41. The molecule has 0 spiro atoms. The third kappa shape index (κ3) is 5.08. The second kappa shape index (κ2) is 10.3. The van der Waals surface area contributed by atoms with Gasteiger partial charge in [-0.05, 0) is 66.9 Å². The number of rotatable bonds is 7. The lowest BCUT2D eigenvalue weighted by atomic mass is 10.00. The quantitative estimate of drug-likeness (QED) is 0.559. The Morgan fingerprint density at radius 1 is 0.882 bits per heavy atom. The third-order valence-corrected chi connectivity index (χ3v) is 6.51. The normalized spacial score (nSPS) is 17.2. The van der Waals surface area contributed by atoms with E-state index in [-0.39, 0.29) is 5.91 Å². The average molecular weight is 459 g/mol. The second-order valence-corrected chi connectivity index (χ2v) is 8.88. The van der Waals surface area contributed by atoms with Crippen LogP contribution in [0.2, 0.25) is 0 Å². The second-order valence-electron chi connectivity index (χ2n) is 8.88. The summed E-state index contributed by atoms with van der Waals surface area (Å²) < 4.78 is 11.3. The maximum atomic E-state index is 13.2. The van der Waals surface area contributed by atoms with Gasteiger partial charge in [-0.15, -0.1) is 0 Å².